The van der Waals surface area contributed by atoms with Gasteiger partial charge in [0.15, 0.2) is 12.0 Å². The number of piperidine rings is 1. The summed E-state index contributed by atoms with van der Waals surface area (Å²) in [6.07, 6.45) is 1.98. The van der Waals surface area contributed by atoms with Crippen molar-refractivity contribution < 1.29 is 23.8 Å². The van der Waals surface area contributed by atoms with Crippen molar-refractivity contribution in [2.75, 3.05) is 25.0 Å². The molecular formula is C27H27FN6O4. The van der Waals surface area contributed by atoms with Crippen molar-refractivity contribution in [3.8, 4) is 29.0 Å². The normalized spacial score (nSPS) is 19.5. The molecule has 2 aliphatic rings. The van der Waals surface area contributed by atoms with Gasteiger partial charge in [0.2, 0.25) is 0 Å². The van der Waals surface area contributed by atoms with Gasteiger partial charge in [0.1, 0.15) is 35.6 Å². The van der Waals surface area contributed by atoms with Crippen molar-refractivity contribution in [2.24, 2.45) is 0 Å². The van der Waals surface area contributed by atoms with Crippen LogP contribution in [0.5, 0.6) is 11.5 Å². The molecule has 0 spiro atoms. The van der Waals surface area contributed by atoms with Crippen LogP contribution in [-0.2, 0) is 11.2 Å². The molecule has 0 unspecified atom stereocenters. The summed E-state index contributed by atoms with van der Waals surface area (Å²) in [4.78, 5) is 26.6. The van der Waals surface area contributed by atoms with Crippen LogP contribution < -0.4 is 14.8 Å². The number of pyridine rings is 1. The Morgan fingerprint density at radius 3 is 3.00 bits per heavy atom. The summed E-state index contributed by atoms with van der Waals surface area (Å²) in [5, 5.41) is 22.4. The number of nitriles is 1. The van der Waals surface area contributed by atoms with E-state index in [-0.39, 0.29) is 30.8 Å². The van der Waals surface area contributed by atoms with E-state index in [0.717, 1.165) is 30.0 Å². The molecule has 1 aromatic carbocycles. The molecule has 0 saturated carbocycles. The molecule has 11 heteroatoms. The Bertz CT molecular complexity index is 1380. The van der Waals surface area contributed by atoms with Gasteiger partial charge in [0.05, 0.1) is 36.3 Å². The number of aromatic nitrogens is 3. The van der Waals surface area contributed by atoms with Gasteiger partial charge in [-0.15, -0.1) is 0 Å². The van der Waals surface area contributed by atoms with Crippen LogP contribution in [0, 0.1) is 11.3 Å². The lowest BCUT2D eigenvalue weighted by Crippen LogP contribution is -2.51. The van der Waals surface area contributed by atoms with Crippen molar-refractivity contribution in [1.29, 1.82) is 5.26 Å². The molecule has 5 rings (SSSR count). The molecule has 0 bridgehead atoms. The summed E-state index contributed by atoms with van der Waals surface area (Å²) < 4.78 is 26.3. The number of benzene rings is 1. The highest BCUT2D eigenvalue weighted by Gasteiger charge is 2.34. The van der Waals surface area contributed by atoms with E-state index >= 15 is 0 Å². The number of aliphatic hydroxyl groups excluding tert-OH is 1. The summed E-state index contributed by atoms with van der Waals surface area (Å²) in [6, 6.07) is 10.6. The lowest BCUT2D eigenvalue weighted by atomic mass is 10.0. The minimum Gasteiger partial charge on any atom is -0.492 e. The van der Waals surface area contributed by atoms with Gasteiger partial charge in [0, 0.05) is 30.8 Å². The average Bonchev–Trinajstić information content (AvgIpc) is 2.94. The molecule has 196 valence electrons. The second-order valence-electron chi connectivity index (χ2n) is 9.26. The van der Waals surface area contributed by atoms with Gasteiger partial charge in [-0.3, -0.25) is 9.78 Å². The molecule has 1 saturated heterocycles. The van der Waals surface area contributed by atoms with Gasteiger partial charge in [0.25, 0.3) is 5.91 Å². The number of hydrogen-bond donors (Lipinski definition) is 2. The first-order chi connectivity index (χ1) is 18.4. The Kier molecular flexibility index (Phi) is 7.33. The van der Waals surface area contributed by atoms with Crippen LogP contribution >= 0.6 is 0 Å². The molecule has 3 atom stereocenters. The minimum atomic E-state index is -1.45. The minimum absolute atomic E-state index is 0.173. The number of ether oxygens (including phenoxy) is 2. The van der Waals surface area contributed by atoms with Crippen LogP contribution in [0.4, 0.5) is 15.9 Å². The second kappa shape index (κ2) is 11.0. The first-order valence-corrected chi connectivity index (χ1v) is 12.4. The Hall–Kier alpha value is -4.30. The highest BCUT2D eigenvalue weighted by Crippen LogP contribution is 2.30. The Labute approximate surface area is 219 Å². The molecule has 2 aliphatic heterocycles. The highest BCUT2D eigenvalue weighted by atomic mass is 19.1. The Balaban J connectivity index is 1.29. The number of nitrogens with one attached hydrogen (secondary N) is 1. The Morgan fingerprint density at radius 2 is 2.21 bits per heavy atom. The fourth-order valence-electron chi connectivity index (χ4n) is 4.49. The van der Waals surface area contributed by atoms with Gasteiger partial charge in [-0.05, 0) is 44.0 Å². The number of carbonyl (C=O) groups is 1. The van der Waals surface area contributed by atoms with Crippen molar-refractivity contribution in [3.05, 3.63) is 54.0 Å². The van der Waals surface area contributed by atoms with Crippen LogP contribution in [0.3, 0.4) is 0 Å². The van der Waals surface area contributed by atoms with E-state index in [4.69, 9.17) is 9.47 Å². The van der Waals surface area contributed by atoms with Crippen LogP contribution in [-0.4, -0.2) is 68.9 Å². The van der Waals surface area contributed by atoms with E-state index < -0.39 is 24.3 Å². The van der Waals surface area contributed by atoms with Crippen LogP contribution in [0.25, 0.3) is 11.4 Å². The monoisotopic (exact) mass is 518 g/mol. The number of nitrogens with zero attached hydrogens (tertiary/aromatic N) is 5. The maximum absolute atomic E-state index is 14.8. The predicted molar refractivity (Wildman–Crippen MR) is 136 cm³/mol. The fourth-order valence-corrected chi connectivity index (χ4v) is 4.49. The Morgan fingerprint density at radius 1 is 1.34 bits per heavy atom. The molecule has 1 fully saturated rings. The largest absolute Gasteiger partial charge is 0.492 e. The van der Waals surface area contributed by atoms with Gasteiger partial charge < -0.3 is 24.8 Å². The quantitative estimate of drug-likeness (QED) is 0.505. The van der Waals surface area contributed by atoms with E-state index in [1.807, 2.05) is 6.07 Å². The third-order valence-electron chi connectivity index (χ3n) is 6.46. The van der Waals surface area contributed by atoms with Crippen molar-refractivity contribution in [2.45, 2.75) is 44.6 Å². The maximum Gasteiger partial charge on any atom is 0.251 e. The zero-order valence-electron chi connectivity index (χ0n) is 20.8. The first-order valence-electron chi connectivity index (χ1n) is 12.4. The summed E-state index contributed by atoms with van der Waals surface area (Å²) in [5.41, 5.74) is 2.49. The number of likely N-dealkylation sites (tertiary alicyclic amines) is 1. The van der Waals surface area contributed by atoms with Gasteiger partial charge >= 0.3 is 0 Å². The van der Waals surface area contributed by atoms with E-state index in [9.17, 15) is 19.6 Å². The average molecular weight is 519 g/mol. The number of alkyl halides is 1. The second-order valence-corrected chi connectivity index (χ2v) is 9.26. The van der Waals surface area contributed by atoms with Crippen molar-refractivity contribution >= 4 is 17.4 Å². The fraction of sp³-hybridized carbons (Fsp3) is 0.370. The zero-order chi connectivity index (χ0) is 26.6. The molecule has 0 aliphatic carbocycles. The molecule has 2 N–H and O–H groups in total. The summed E-state index contributed by atoms with van der Waals surface area (Å²) in [7, 11) is 0. The van der Waals surface area contributed by atoms with E-state index in [1.165, 1.54) is 11.8 Å². The number of rotatable bonds is 6. The van der Waals surface area contributed by atoms with E-state index in [1.54, 1.807) is 36.7 Å². The van der Waals surface area contributed by atoms with Gasteiger partial charge in [-0.1, -0.05) is 0 Å². The maximum atomic E-state index is 14.8. The van der Waals surface area contributed by atoms with Gasteiger partial charge in [-0.25, -0.2) is 14.4 Å². The lowest BCUT2D eigenvalue weighted by molar-refractivity contribution is -0.143. The molecule has 3 aromatic rings. The third kappa shape index (κ3) is 5.50. The molecule has 2 aromatic heterocycles. The first kappa shape index (κ1) is 25.4. The van der Waals surface area contributed by atoms with Gasteiger partial charge in [-0.2, -0.15) is 5.26 Å². The molecular weight excluding hydrogens is 491 g/mol. The SMILES string of the molecule is C[C@H](O)C(=O)N1CC[C@H](Oc2ccc(-c3nccc(Nc4cnc5c(c4)OCCC5)n3)cc2C#N)[C@H](F)C1. The number of hydrogen-bond acceptors (Lipinski definition) is 9. The zero-order valence-corrected chi connectivity index (χ0v) is 20.8. The summed E-state index contributed by atoms with van der Waals surface area (Å²) in [6.45, 7) is 2.11. The third-order valence-corrected chi connectivity index (χ3v) is 6.46. The number of carbonyl (C=O) groups excluding carboxylic acids is 1. The molecule has 0 radical (unpaired) electrons. The lowest BCUT2D eigenvalue weighted by Gasteiger charge is -2.35. The van der Waals surface area contributed by atoms with Crippen LogP contribution in [0.1, 0.15) is 31.0 Å². The molecule has 4 heterocycles. The molecule has 1 amide bonds. The van der Waals surface area contributed by atoms with E-state index in [2.05, 4.69) is 26.3 Å². The number of anilines is 2. The molecule has 38 heavy (non-hydrogen) atoms. The molecule has 10 nitrogen and oxygen atoms in total. The number of aliphatic hydroxyl groups is 1. The number of halogens is 1. The van der Waals surface area contributed by atoms with E-state index in [0.29, 0.717) is 23.8 Å². The van der Waals surface area contributed by atoms with Crippen LogP contribution in [0.2, 0.25) is 0 Å². The predicted octanol–water partition coefficient (Wildman–Crippen LogP) is 3.18. The number of amides is 1. The van der Waals surface area contributed by atoms with Crippen LogP contribution in [0.15, 0.2) is 42.7 Å². The highest BCUT2D eigenvalue weighted by molar-refractivity contribution is 5.80. The topological polar surface area (TPSA) is 133 Å². The summed E-state index contributed by atoms with van der Waals surface area (Å²) >= 11 is 0. The number of fused-ring (bicyclic) bond motifs is 1. The van der Waals surface area contributed by atoms with Crippen molar-refractivity contribution in [3.63, 3.8) is 0 Å². The smallest absolute Gasteiger partial charge is 0.251 e. The number of aryl methyl sites for hydroxylation is 1. The standard InChI is InChI=1S/C27H27FN6O4/c1-16(35)27(36)34-9-7-23(20(28)15-34)38-22-5-4-17(11-18(22)13-29)26-30-8-6-25(33-26)32-19-12-24-21(31-14-19)3-2-10-37-24/h4-6,8,11-12,14,16,20,23,35H,2-3,7,9-10,15H2,1H3,(H,30,32,33)/t16-,20+,23-/m0/s1. The van der Waals surface area contributed by atoms with Crippen molar-refractivity contribution in [1.82, 2.24) is 19.9 Å². The summed E-state index contributed by atoms with van der Waals surface area (Å²) in [5.74, 6) is 1.44.